The first-order valence-electron chi connectivity index (χ1n) is 6.14. The SMILES string of the molecule is Nc1c(Cl)ccc2c1=CC(c1ccccc1)(C(F)(F)F)N=2. The van der Waals surface area contributed by atoms with E-state index in [1.807, 2.05) is 0 Å². The molecule has 0 fully saturated rings. The summed E-state index contributed by atoms with van der Waals surface area (Å²) in [5.41, 5.74) is 3.52. The predicted octanol–water partition coefficient (Wildman–Crippen LogP) is 2.79. The first-order chi connectivity index (χ1) is 9.85. The number of halogens is 4. The van der Waals surface area contributed by atoms with Crippen molar-refractivity contribution in [1.29, 1.82) is 0 Å². The van der Waals surface area contributed by atoms with Gasteiger partial charge in [-0.25, -0.2) is 0 Å². The zero-order valence-electron chi connectivity index (χ0n) is 10.7. The molecule has 6 heteroatoms. The van der Waals surface area contributed by atoms with Gasteiger partial charge < -0.3 is 5.73 Å². The van der Waals surface area contributed by atoms with E-state index in [0.717, 1.165) is 6.08 Å². The molecule has 0 amide bonds. The Morgan fingerprint density at radius 1 is 1.05 bits per heavy atom. The van der Waals surface area contributed by atoms with Gasteiger partial charge in [-0.1, -0.05) is 41.9 Å². The van der Waals surface area contributed by atoms with Crippen molar-refractivity contribution in [2.45, 2.75) is 11.7 Å². The quantitative estimate of drug-likeness (QED) is 0.808. The van der Waals surface area contributed by atoms with E-state index in [4.69, 9.17) is 17.3 Å². The maximum absolute atomic E-state index is 13.7. The average Bonchev–Trinajstić information content (AvgIpc) is 2.85. The number of nitrogen functional groups attached to an aromatic ring is 1. The van der Waals surface area contributed by atoms with Crippen molar-refractivity contribution in [1.82, 2.24) is 0 Å². The largest absolute Gasteiger partial charge is 0.421 e. The number of alkyl halides is 3. The molecule has 0 spiro atoms. The molecule has 3 rings (SSSR count). The van der Waals surface area contributed by atoms with Crippen LogP contribution in [-0.4, -0.2) is 6.18 Å². The molecule has 108 valence electrons. The minimum atomic E-state index is -4.58. The second kappa shape index (κ2) is 4.49. The molecule has 2 aromatic rings. The lowest BCUT2D eigenvalue weighted by Gasteiger charge is -2.27. The molecule has 2 N–H and O–H groups in total. The first-order valence-corrected chi connectivity index (χ1v) is 6.52. The van der Waals surface area contributed by atoms with E-state index >= 15 is 0 Å². The van der Waals surface area contributed by atoms with Crippen LogP contribution in [0.3, 0.4) is 0 Å². The summed E-state index contributed by atoms with van der Waals surface area (Å²) in [6.07, 6.45) is -3.54. The lowest BCUT2D eigenvalue weighted by Crippen LogP contribution is -2.38. The predicted molar refractivity (Wildman–Crippen MR) is 75.3 cm³/mol. The minimum absolute atomic E-state index is 0.0456. The third-order valence-corrected chi connectivity index (χ3v) is 3.84. The Morgan fingerprint density at radius 2 is 1.71 bits per heavy atom. The number of benzene rings is 2. The summed E-state index contributed by atoms with van der Waals surface area (Å²) in [4.78, 5) is 3.91. The number of anilines is 1. The molecule has 21 heavy (non-hydrogen) atoms. The molecule has 0 bridgehead atoms. The van der Waals surface area contributed by atoms with Gasteiger partial charge in [0.1, 0.15) is 0 Å². The molecule has 1 aliphatic heterocycles. The summed E-state index contributed by atoms with van der Waals surface area (Å²) in [5, 5.41) is 0.632. The van der Waals surface area contributed by atoms with Gasteiger partial charge in [-0.15, -0.1) is 0 Å². The maximum atomic E-state index is 13.7. The lowest BCUT2D eigenvalue weighted by molar-refractivity contribution is -0.169. The summed E-state index contributed by atoms with van der Waals surface area (Å²) >= 11 is 5.88. The van der Waals surface area contributed by atoms with E-state index < -0.39 is 11.7 Å². The van der Waals surface area contributed by atoms with Crippen LogP contribution in [-0.2, 0) is 5.54 Å². The van der Waals surface area contributed by atoms with Crippen molar-refractivity contribution < 1.29 is 13.2 Å². The molecule has 1 heterocycles. The second-order valence-electron chi connectivity index (χ2n) is 4.78. The van der Waals surface area contributed by atoms with Crippen molar-refractivity contribution in [3.8, 4) is 0 Å². The van der Waals surface area contributed by atoms with Crippen molar-refractivity contribution in [2.24, 2.45) is 4.99 Å². The maximum Gasteiger partial charge on any atom is 0.421 e. The van der Waals surface area contributed by atoms with Gasteiger partial charge in [0.2, 0.25) is 5.54 Å². The third-order valence-electron chi connectivity index (χ3n) is 3.51. The molecule has 1 unspecified atom stereocenters. The zero-order valence-corrected chi connectivity index (χ0v) is 11.4. The second-order valence-corrected chi connectivity index (χ2v) is 5.19. The monoisotopic (exact) mass is 310 g/mol. The molecule has 1 aliphatic rings. The molecular formula is C15H10ClF3N2. The standard InChI is InChI=1S/C15H10ClF3N2/c16-11-6-7-12-10(13(11)20)8-14(21-12,15(17,18)19)9-4-2-1-3-5-9/h1-8H,20H2. The number of nitrogens with two attached hydrogens (primary N) is 1. The van der Waals surface area contributed by atoms with Gasteiger partial charge in [0, 0.05) is 5.22 Å². The Labute approximate surface area is 123 Å². The van der Waals surface area contributed by atoms with E-state index in [1.54, 1.807) is 18.2 Å². The van der Waals surface area contributed by atoms with Crippen LogP contribution in [0.15, 0.2) is 47.5 Å². The third kappa shape index (κ3) is 2.00. The van der Waals surface area contributed by atoms with Gasteiger partial charge in [-0.05, 0) is 23.8 Å². The van der Waals surface area contributed by atoms with Gasteiger partial charge in [0.05, 0.1) is 16.1 Å². The number of nitrogens with zero attached hydrogens (tertiary/aromatic N) is 1. The molecule has 0 saturated carbocycles. The van der Waals surface area contributed by atoms with Gasteiger partial charge in [-0.2, -0.15) is 13.2 Å². The van der Waals surface area contributed by atoms with Crippen LogP contribution in [0.1, 0.15) is 5.56 Å². The van der Waals surface area contributed by atoms with E-state index in [2.05, 4.69) is 4.99 Å². The first kappa shape index (κ1) is 13.9. The molecule has 0 saturated heterocycles. The van der Waals surface area contributed by atoms with Crippen molar-refractivity contribution in [3.05, 3.63) is 63.6 Å². The fourth-order valence-electron chi connectivity index (χ4n) is 2.43. The van der Waals surface area contributed by atoms with Crippen molar-refractivity contribution in [2.75, 3.05) is 5.73 Å². The van der Waals surface area contributed by atoms with E-state index in [-0.39, 0.29) is 26.8 Å². The number of rotatable bonds is 1. The Morgan fingerprint density at radius 3 is 2.33 bits per heavy atom. The summed E-state index contributed by atoms with van der Waals surface area (Å²) < 4.78 is 41.1. The highest BCUT2D eigenvalue weighted by Crippen LogP contribution is 2.44. The fourth-order valence-corrected chi connectivity index (χ4v) is 2.59. The highest BCUT2D eigenvalue weighted by molar-refractivity contribution is 6.33. The minimum Gasteiger partial charge on any atom is -0.397 e. The van der Waals surface area contributed by atoms with Crippen LogP contribution in [0.25, 0.3) is 6.08 Å². The molecule has 0 aromatic heterocycles. The van der Waals surface area contributed by atoms with Crippen LogP contribution in [0, 0.1) is 0 Å². The summed E-state index contributed by atoms with van der Waals surface area (Å²) in [5.74, 6) is 0. The van der Waals surface area contributed by atoms with Crippen LogP contribution < -0.4 is 16.3 Å². The van der Waals surface area contributed by atoms with Crippen molar-refractivity contribution >= 4 is 23.4 Å². The summed E-state index contributed by atoms with van der Waals surface area (Å²) in [6.45, 7) is 0. The molecule has 1 atom stereocenters. The molecule has 0 radical (unpaired) electrons. The smallest absolute Gasteiger partial charge is 0.397 e. The topological polar surface area (TPSA) is 38.4 Å². The number of hydrogen-bond donors (Lipinski definition) is 1. The van der Waals surface area contributed by atoms with Gasteiger partial charge in [0.15, 0.2) is 0 Å². The summed E-state index contributed by atoms with van der Waals surface area (Å²) in [6, 6.07) is 10.4. The molecule has 2 aromatic carbocycles. The van der Waals surface area contributed by atoms with E-state index in [1.165, 1.54) is 24.3 Å². The molecule has 2 nitrogen and oxygen atoms in total. The Bertz CT molecular complexity index is 815. The van der Waals surface area contributed by atoms with Crippen LogP contribution >= 0.6 is 11.6 Å². The highest BCUT2D eigenvalue weighted by atomic mass is 35.5. The average molecular weight is 311 g/mol. The Kier molecular flexibility index (Phi) is 2.99. The number of hydrogen-bond acceptors (Lipinski definition) is 2. The van der Waals surface area contributed by atoms with Crippen molar-refractivity contribution in [3.63, 3.8) is 0 Å². The van der Waals surface area contributed by atoms with Crippen LogP contribution in [0.2, 0.25) is 5.02 Å². The molecule has 0 aliphatic carbocycles. The van der Waals surface area contributed by atoms with Gasteiger partial charge in [0.25, 0.3) is 0 Å². The number of fused-ring (bicyclic) bond motifs is 1. The van der Waals surface area contributed by atoms with E-state index in [0.29, 0.717) is 0 Å². The Hall–Kier alpha value is -2.01. The fraction of sp³-hybridized carbons (Fsp3) is 0.133. The Balaban J connectivity index is 2.37. The summed E-state index contributed by atoms with van der Waals surface area (Å²) in [7, 11) is 0. The van der Waals surface area contributed by atoms with E-state index in [9.17, 15) is 13.2 Å². The van der Waals surface area contributed by atoms with Crippen LogP contribution in [0.5, 0.6) is 0 Å². The zero-order chi connectivity index (χ0) is 15.3. The highest BCUT2D eigenvalue weighted by Gasteiger charge is 2.56. The van der Waals surface area contributed by atoms with Crippen LogP contribution in [0.4, 0.5) is 18.9 Å². The normalized spacial score (nSPS) is 20.6. The molecular weight excluding hydrogens is 301 g/mol. The lowest BCUT2D eigenvalue weighted by atomic mass is 9.90. The van der Waals surface area contributed by atoms with Gasteiger partial charge >= 0.3 is 6.18 Å². The van der Waals surface area contributed by atoms with Gasteiger partial charge in [-0.3, -0.25) is 4.99 Å².